The number of nitrogens with zero attached hydrogens (tertiary/aromatic N) is 1. The molecule has 5 nitrogen and oxygen atoms in total. The number of allylic oxidation sites excluding steroid dienone is 2. The summed E-state index contributed by atoms with van der Waals surface area (Å²) >= 11 is 0. The predicted octanol–water partition coefficient (Wildman–Crippen LogP) is 0.973. The zero-order chi connectivity index (χ0) is 17.7. The molecule has 1 atom stereocenters. The highest BCUT2D eigenvalue weighted by atomic mass is 16.2. The van der Waals surface area contributed by atoms with Crippen molar-refractivity contribution in [3.05, 3.63) is 11.3 Å². The topological polar surface area (TPSA) is 74.4 Å². The van der Waals surface area contributed by atoms with Crippen molar-refractivity contribution in [2.24, 2.45) is 16.7 Å². The Labute approximate surface area is 144 Å². The monoisotopic (exact) mass is 330 g/mol. The van der Waals surface area contributed by atoms with E-state index in [-0.39, 0.29) is 17.1 Å². The van der Waals surface area contributed by atoms with E-state index in [1.54, 1.807) is 0 Å². The average molecular weight is 330 g/mol. The first-order chi connectivity index (χ1) is 11.2. The molecule has 1 amide bonds. The van der Waals surface area contributed by atoms with Gasteiger partial charge in [-0.2, -0.15) is 5.26 Å². The van der Waals surface area contributed by atoms with Crippen LogP contribution in [-0.4, -0.2) is 30.8 Å². The number of fused-ring (bicyclic) bond motifs is 1. The molecule has 1 unspecified atom stereocenters. The van der Waals surface area contributed by atoms with Gasteiger partial charge in [-0.15, -0.1) is 0 Å². The van der Waals surface area contributed by atoms with Crippen molar-refractivity contribution < 1.29 is 14.5 Å². The van der Waals surface area contributed by atoms with Gasteiger partial charge in [-0.3, -0.25) is 9.59 Å². The van der Waals surface area contributed by atoms with Crippen molar-refractivity contribution in [3.63, 3.8) is 0 Å². The molecule has 0 saturated carbocycles. The van der Waals surface area contributed by atoms with Crippen molar-refractivity contribution in [1.29, 1.82) is 5.26 Å². The molecule has 1 spiro atoms. The van der Waals surface area contributed by atoms with Gasteiger partial charge in [-0.05, 0) is 25.7 Å². The number of rotatable bonds is 1. The third-order valence-electron chi connectivity index (χ3n) is 6.19. The van der Waals surface area contributed by atoms with E-state index in [9.17, 15) is 14.9 Å². The second-order valence-electron chi connectivity index (χ2n) is 8.81. The summed E-state index contributed by atoms with van der Waals surface area (Å²) in [6.45, 7) is 10.3. The third kappa shape index (κ3) is 2.57. The minimum atomic E-state index is -0.741. The van der Waals surface area contributed by atoms with Crippen LogP contribution in [0.15, 0.2) is 11.3 Å². The Balaban J connectivity index is 2.06. The standard InChI is InChI=1S/C19H27N3O2/c1-12(2)22-7-5-19(6-8-22)13(11-20)17(24)21-14-9-18(3,4)10-15(23)16(14)19/h12-13H,5-10H2,1-4H3,(H,21,24)/p+1. The summed E-state index contributed by atoms with van der Waals surface area (Å²) in [6.07, 6.45) is 2.71. The number of Topliss-reactive ketones (excluding diaryl/α,β-unsaturated/α-hetero) is 1. The molecule has 3 aliphatic rings. The van der Waals surface area contributed by atoms with Crippen LogP contribution in [0, 0.1) is 28.1 Å². The van der Waals surface area contributed by atoms with E-state index < -0.39 is 11.3 Å². The first-order valence-electron chi connectivity index (χ1n) is 9.02. The third-order valence-corrected chi connectivity index (χ3v) is 6.19. The number of hydrogen-bond donors (Lipinski definition) is 2. The van der Waals surface area contributed by atoms with Gasteiger partial charge < -0.3 is 10.2 Å². The molecule has 130 valence electrons. The fraction of sp³-hybridized carbons (Fsp3) is 0.737. The van der Waals surface area contributed by atoms with Gasteiger partial charge in [0.2, 0.25) is 5.91 Å². The van der Waals surface area contributed by atoms with Gasteiger partial charge in [0.25, 0.3) is 0 Å². The van der Waals surface area contributed by atoms with Crippen LogP contribution in [0.2, 0.25) is 0 Å². The molecule has 3 rings (SSSR count). The van der Waals surface area contributed by atoms with E-state index >= 15 is 0 Å². The number of hydrogen-bond acceptors (Lipinski definition) is 3. The molecule has 0 radical (unpaired) electrons. The van der Waals surface area contributed by atoms with Crippen LogP contribution < -0.4 is 10.2 Å². The molecular weight excluding hydrogens is 302 g/mol. The molecule has 24 heavy (non-hydrogen) atoms. The lowest BCUT2D eigenvalue weighted by Gasteiger charge is -2.49. The fourth-order valence-corrected chi connectivity index (χ4v) is 4.94. The van der Waals surface area contributed by atoms with Gasteiger partial charge in [0.05, 0.1) is 25.2 Å². The summed E-state index contributed by atoms with van der Waals surface area (Å²) in [5.74, 6) is -0.820. The average Bonchev–Trinajstić information content (AvgIpc) is 2.45. The van der Waals surface area contributed by atoms with E-state index in [1.165, 1.54) is 4.90 Å². The molecule has 0 bridgehead atoms. The summed E-state index contributed by atoms with van der Waals surface area (Å²) in [5.41, 5.74) is 0.864. The summed E-state index contributed by atoms with van der Waals surface area (Å²) in [5, 5.41) is 12.6. The number of nitrogens with one attached hydrogen (secondary N) is 2. The number of quaternary nitrogens is 1. The Morgan fingerprint density at radius 2 is 1.83 bits per heavy atom. The van der Waals surface area contributed by atoms with Gasteiger partial charge in [-0.25, -0.2) is 0 Å². The molecule has 0 aromatic carbocycles. The van der Waals surface area contributed by atoms with E-state index in [1.807, 2.05) is 0 Å². The zero-order valence-corrected chi connectivity index (χ0v) is 15.2. The highest BCUT2D eigenvalue weighted by Gasteiger charge is 2.56. The number of nitriles is 1. The van der Waals surface area contributed by atoms with Crippen LogP contribution in [-0.2, 0) is 9.59 Å². The number of carbonyl (C=O) groups is 2. The highest BCUT2D eigenvalue weighted by molar-refractivity contribution is 6.02. The number of piperidine rings is 1. The Bertz CT molecular complexity index is 646. The maximum Gasteiger partial charge on any atom is 0.242 e. The van der Waals surface area contributed by atoms with Crippen LogP contribution in [0.4, 0.5) is 0 Å². The summed E-state index contributed by atoms with van der Waals surface area (Å²) in [6, 6.07) is 2.75. The minimum absolute atomic E-state index is 0.131. The molecular formula is C19H28N3O2+. The van der Waals surface area contributed by atoms with E-state index in [0.717, 1.165) is 37.2 Å². The normalized spacial score (nSPS) is 35.7. The van der Waals surface area contributed by atoms with Crippen LogP contribution >= 0.6 is 0 Å². The van der Waals surface area contributed by atoms with Gasteiger partial charge in [0, 0.05) is 35.9 Å². The van der Waals surface area contributed by atoms with E-state index in [2.05, 4.69) is 39.1 Å². The molecule has 1 fully saturated rings. The van der Waals surface area contributed by atoms with Crippen LogP contribution in [0.3, 0.4) is 0 Å². The van der Waals surface area contributed by atoms with Crippen molar-refractivity contribution in [2.75, 3.05) is 13.1 Å². The molecule has 1 aliphatic carbocycles. The molecule has 0 aromatic heterocycles. The number of likely N-dealkylation sites (tertiary alicyclic amines) is 1. The lowest BCUT2D eigenvalue weighted by Crippen LogP contribution is -3.16. The van der Waals surface area contributed by atoms with Gasteiger partial charge in [-0.1, -0.05) is 13.8 Å². The minimum Gasteiger partial charge on any atom is -0.333 e. The van der Waals surface area contributed by atoms with Gasteiger partial charge >= 0.3 is 0 Å². The Morgan fingerprint density at radius 1 is 1.21 bits per heavy atom. The Morgan fingerprint density at radius 3 is 2.38 bits per heavy atom. The summed E-state index contributed by atoms with van der Waals surface area (Å²) < 4.78 is 0. The summed E-state index contributed by atoms with van der Waals surface area (Å²) in [4.78, 5) is 27.1. The van der Waals surface area contributed by atoms with Crippen molar-refractivity contribution in [2.45, 2.75) is 59.4 Å². The quantitative estimate of drug-likeness (QED) is 0.752. The van der Waals surface area contributed by atoms with Gasteiger partial charge in [0.15, 0.2) is 5.78 Å². The van der Waals surface area contributed by atoms with Crippen molar-refractivity contribution in [3.8, 4) is 6.07 Å². The maximum atomic E-state index is 13.0. The summed E-state index contributed by atoms with van der Waals surface area (Å²) in [7, 11) is 0. The van der Waals surface area contributed by atoms with Crippen LogP contribution in [0.5, 0.6) is 0 Å². The highest BCUT2D eigenvalue weighted by Crippen LogP contribution is 2.52. The lowest BCUT2D eigenvalue weighted by molar-refractivity contribution is -0.928. The molecule has 2 N–H and O–H groups in total. The molecule has 1 saturated heterocycles. The van der Waals surface area contributed by atoms with Gasteiger partial charge in [0.1, 0.15) is 5.92 Å². The lowest BCUT2D eigenvalue weighted by atomic mass is 9.57. The smallest absolute Gasteiger partial charge is 0.242 e. The van der Waals surface area contributed by atoms with Crippen LogP contribution in [0.1, 0.15) is 53.4 Å². The second-order valence-corrected chi connectivity index (χ2v) is 8.81. The Kier molecular flexibility index (Phi) is 4.08. The second kappa shape index (κ2) is 5.70. The SMILES string of the molecule is CC(C)[NH+]1CCC2(CC1)C1=C(CC(C)(C)CC1=O)NC(=O)C2C#N. The number of amides is 1. The fourth-order valence-electron chi connectivity index (χ4n) is 4.94. The molecule has 2 heterocycles. The first-order valence-corrected chi connectivity index (χ1v) is 9.02. The van der Waals surface area contributed by atoms with Crippen molar-refractivity contribution in [1.82, 2.24) is 5.32 Å². The van der Waals surface area contributed by atoms with Crippen molar-refractivity contribution >= 4 is 11.7 Å². The zero-order valence-electron chi connectivity index (χ0n) is 15.2. The maximum absolute atomic E-state index is 13.0. The van der Waals surface area contributed by atoms with E-state index in [4.69, 9.17) is 0 Å². The van der Waals surface area contributed by atoms with E-state index in [0.29, 0.717) is 18.9 Å². The number of ketones is 1. The van der Waals surface area contributed by atoms with Crippen LogP contribution in [0.25, 0.3) is 0 Å². The number of carbonyl (C=O) groups excluding carboxylic acids is 2. The Hall–Kier alpha value is -1.67. The predicted molar refractivity (Wildman–Crippen MR) is 89.8 cm³/mol. The largest absolute Gasteiger partial charge is 0.333 e. The molecule has 5 heteroatoms. The molecule has 2 aliphatic heterocycles. The first kappa shape index (κ1) is 17.2. The molecule has 0 aromatic rings.